The van der Waals surface area contributed by atoms with Crippen molar-refractivity contribution >= 4 is 5.69 Å². The standard InChI is InChI=1S/C8H10N2O/c9-6-3-5-1-2-7(11)8(5)10-4-6/h3-4,7,11H,1-2,9H2. The highest BCUT2D eigenvalue weighted by molar-refractivity contribution is 5.42. The van der Waals surface area contributed by atoms with Gasteiger partial charge < -0.3 is 10.8 Å². The second kappa shape index (κ2) is 2.20. The summed E-state index contributed by atoms with van der Waals surface area (Å²) in [7, 11) is 0. The molecular weight excluding hydrogens is 140 g/mol. The predicted molar refractivity (Wildman–Crippen MR) is 41.9 cm³/mol. The van der Waals surface area contributed by atoms with Gasteiger partial charge in [-0.05, 0) is 24.5 Å². The first-order valence-electron chi connectivity index (χ1n) is 3.70. The molecule has 1 aliphatic carbocycles. The van der Waals surface area contributed by atoms with Crippen molar-refractivity contribution in [2.24, 2.45) is 0 Å². The molecule has 1 aromatic heterocycles. The van der Waals surface area contributed by atoms with E-state index in [2.05, 4.69) is 4.98 Å². The van der Waals surface area contributed by atoms with Gasteiger partial charge in [0.2, 0.25) is 0 Å². The maximum atomic E-state index is 9.37. The number of rotatable bonds is 0. The van der Waals surface area contributed by atoms with Gasteiger partial charge in [0, 0.05) is 0 Å². The fourth-order valence-corrected chi connectivity index (χ4v) is 1.47. The van der Waals surface area contributed by atoms with E-state index < -0.39 is 0 Å². The lowest BCUT2D eigenvalue weighted by molar-refractivity contribution is 0.176. The molecule has 58 valence electrons. The number of fused-ring (bicyclic) bond motifs is 1. The van der Waals surface area contributed by atoms with Crippen LogP contribution in [0.5, 0.6) is 0 Å². The summed E-state index contributed by atoms with van der Waals surface area (Å²) >= 11 is 0. The number of aliphatic hydroxyl groups excluding tert-OH is 1. The van der Waals surface area contributed by atoms with Gasteiger partial charge in [-0.1, -0.05) is 0 Å². The fraction of sp³-hybridized carbons (Fsp3) is 0.375. The first-order valence-corrected chi connectivity index (χ1v) is 3.70. The third-order valence-corrected chi connectivity index (χ3v) is 2.03. The lowest BCUT2D eigenvalue weighted by atomic mass is 10.2. The number of aromatic nitrogens is 1. The largest absolute Gasteiger partial charge is 0.397 e. The molecule has 1 aliphatic rings. The fourth-order valence-electron chi connectivity index (χ4n) is 1.47. The van der Waals surface area contributed by atoms with Gasteiger partial charge in [-0.3, -0.25) is 4.98 Å². The molecule has 0 saturated carbocycles. The number of nitrogen functional groups attached to an aromatic ring is 1. The summed E-state index contributed by atoms with van der Waals surface area (Å²) in [5.74, 6) is 0. The Bertz CT molecular complexity index is 285. The summed E-state index contributed by atoms with van der Waals surface area (Å²) in [6, 6.07) is 1.89. The Hall–Kier alpha value is -1.09. The lowest BCUT2D eigenvalue weighted by Gasteiger charge is -2.01. The summed E-state index contributed by atoms with van der Waals surface area (Å²) in [5, 5.41) is 9.37. The minimum atomic E-state index is -0.370. The molecule has 0 spiro atoms. The van der Waals surface area contributed by atoms with E-state index >= 15 is 0 Å². The van der Waals surface area contributed by atoms with Gasteiger partial charge in [0.15, 0.2) is 0 Å². The zero-order valence-corrected chi connectivity index (χ0v) is 6.12. The summed E-state index contributed by atoms with van der Waals surface area (Å²) in [5.41, 5.74) is 8.11. The van der Waals surface area contributed by atoms with Gasteiger partial charge in [-0.15, -0.1) is 0 Å². The first kappa shape index (κ1) is 6.61. The van der Waals surface area contributed by atoms with E-state index in [0.717, 1.165) is 24.1 Å². The number of nitrogens with two attached hydrogens (primary N) is 1. The highest BCUT2D eigenvalue weighted by atomic mass is 16.3. The van der Waals surface area contributed by atoms with Crippen LogP contribution in [-0.4, -0.2) is 10.1 Å². The molecular formula is C8H10N2O. The highest BCUT2D eigenvalue weighted by Crippen LogP contribution is 2.29. The van der Waals surface area contributed by atoms with E-state index in [4.69, 9.17) is 5.73 Å². The topological polar surface area (TPSA) is 59.1 Å². The van der Waals surface area contributed by atoms with Gasteiger partial charge in [0.05, 0.1) is 23.7 Å². The second-order valence-electron chi connectivity index (χ2n) is 2.87. The molecule has 0 aliphatic heterocycles. The predicted octanol–water partition coefficient (Wildman–Crippen LogP) is 0.643. The average molecular weight is 150 g/mol. The Morgan fingerprint density at radius 3 is 3.27 bits per heavy atom. The SMILES string of the molecule is Nc1cnc2c(c1)CCC2O. The molecule has 0 fully saturated rings. The van der Waals surface area contributed by atoms with Gasteiger partial charge in [0.25, 0.3) is 0 Å². The van der Waals surface area contributed by atoms with Crippen molar-refractivity contribution in [3.63, 3.8) is 0 Å². The molecule has 0 radical (unpaired) electrons. The molecule has 0 aromatic carbocycles. The molecule has 0 bridgehead atoms. The molecule has 3 heteroatoms. The minimum absolute atomic E-state index is 0.370. The zero-order chi connectivity index (χ0) is 7.84. The van der Waals surface area contributed by atoms with E-state index in [1.54, 1.807) is 6.20 Å². The van der Waals surface area contributed by atoms with Crippen LogP contribution in [0, 0.1) is 0 Å². The van der Waals surface area contributed by atoms with E-state index in [0.29, 0.717) is 5.69 Å². The molecule has 2 rings (SSSR count). The van der Waals surface area contributed by atoms with Crippen LogP contribution in [0.4, 0.5) is 5.69 Å². The van der Waals surface area contributed by atoms with E-state index in [1.165, 1.54) is 0 Å². The molecule has 3 nitrogen and oxygen atoms in total. The van der Waals surface area contributed by atoms with E-state index in [1.807, 2.05) is 6.07 Å². The molecule has 0 amide bonds. The third kappa shape index (κ3) is 0.973. The monoisotopic (exact) mass is 150 g/mol. The van der Waals surface area contributed by atoms with Gasteiger partial charge in [-0.2, -0.15) is 0 Å². The van der Waals surface area contributed by atoms with Crippen molar-refractivity contribution in [3.05, 3.63) is 23.5 Å². The number of aliphatic hydroxyl groups is 1. The van der Waals surface area contributed by atoms with E-state index in [9.17, 15) is 5.11 Å². The number of hydrogen-bond acceptors (Lipinski definition) is 3. The van der Waals surface area contributed by atoms with Crippen molar-refractivity contribution in [2.75, 3.05) is 5.73 Å². The Morgan fingerprint density at radius 1 is 1.64 bits per heavy atom. The number of hydrogen-bond donors (Lipinski definition) is 2. The molecule has 11 heavy (non-hydrogen) atoms. The number of pyridine rings is 1. The summed E-state index contributed by atoms with van der Waals surface area (Å²) < 4.78 is 0. The smallest absolute Gasteiger partial charge is 0.0965 e. The maximum Gasteiger partial charge on any atom is 0.0965 e. The Balaban J connectivity index is 2.50. The van der Waals surface area contributed by atoms with Crippen molar-refractivity contribution in [1.29, 1.82) is 0 Å². The van der Waals surface area contributed by atoms with E-state index in [-0.39, 0.29) is 6.10 Å². The van der Waals surface area contributed by atoms with Crippen LogP contribution in [0.3, 0.4) is 0 Å². The second-order valence-corrected chi connectivity index (χ2v) is 2.87. The number of anilines is 1. The Kier molecular flexibility index (Phi) is 1.32. The van der Waals surface area contributed by atoms with Crippen LogP contribution in [0.25, 0.3) is 0 Å². The first-order chi connectivity index (χ1) is 5.27. The quantitative estimate of drug-likeness (QED) is 0.570. The van der Waals surface area contributed by atoms with Crippen LogP contribution in [0.15, 0.2) is 12.3 Å². The maximum absolute atomic E-state index is 9.37. The van der Waals surface area contributed by atoms with Gasteiger partial charge >= 0.3 is 0 Å². The summed E-state index contributed by atoms with van der Waals surface area (Å²) in [6.45, 7) is 0. The molecule has 1 unspecified atom stereocenters. The van der Waals surface area contributed by atoms with Crippen molar-refractivity contribution in [2.45, 2.75) is 18.9 Å². The molecule has 1 aromatic rings. The summed E-state index contributed by atoms with van der Waals surface area (Å²) in [6.07, 6.45) is 2.90. The van der Waals surface area contributed by atoms with Gasteiger partial charge in [0.1, 0.15) is 0 Å². The normalized spacial score (nSPS) is 21.7. The highest BCUT2D eigenvalue weighted by Gasteiger charge is 2.21. The molecule has 1 heterocycles. The van der Waals surface area contributed by atoms with Crippen LogP contribution in [0.2, 0.25) is 0 Å². The minimum Gasteiger partial charge on any atom is -0.397 e. The van der Waals surface area contributed by atoms with Crippen molar-refractivity contribution in [1.82, 2.24) is 4.98 Å². The van der Waals surface area contributed by atoms with Crippen molar-refractivity contribution in [3.8, 4) is 0 Å². The van der Waals surface area contributed by atoms with Crippen LogP contribution in [0.1, 0.15) is 23.8 Å². The zero-order valence-electron chi connectivity index (χ0n) is 6.12. The van der Waals surface area contributed by atoms with Crippen LogP contribution >= 0.6 is 0 Å². The number of nitrogens with zero attached hydrogens (tertiary/aromatic N) is 1. The molecule has 0 saturated heterocycles. The molecule has 3 N–H and O–H groups in total. The summed E-state index contributed by atoms with van der Waals surface area (Å²) in [4.78, 5) is 4.06. The average Bonchev–Trinajstić information content (AvgIpc) is 2.32. The third-order valence-electron chi connectivity index (χ3n) is 2.03. The van der Waals surface area contributed by atoms with Gasteiger partial charge in [-0.25, -0.2) is 0 Å². The molecule has 1 atom stereocenters. The number of aryl methyl sites for hydroxylation is 1. The lowest BCUT2D eigenvalue weighted by Crippen LogP contribution is -1.96. The van der Waals surface area contributed by atoms with Crippen molar-refractivity contribution < 1.29 is 5.11 Å². The van der Waals surface area contributed by atoms with Crippen LogP contribution < -0.4 is 5.73 Å². The Morgan fingerprint density at radius 2 is 2.45 bits per heavy atom. The Labute approximate surface area is 64.9 Å². The van der Waals surface area contributed by atoms with Crippen LogP contribution in [-0.2, 0) is 6.42 Å².